The smallest absolute Gasteiger partial charge is 0.381 e. The average molecular weight is 228 g/mol. The van der Waals surface area contributed by atoms with Crippen LogP contribution < -0.4 is 4.74 Å². The highest BCUT2D eigenvalue weighted by Crippen LogP contribution is 2.34. The SMILES string of the molecule is COC(=O)C(F)(F)c1ccc2c(c1)CCO2. The van der Waals surface area contributed by atoms with E-state index in [0.717, 1.165) is 7.11 Å². The molecule has 0 aliphatic carbocycles. The van der Waals surface area contributed by atoms with Gasteiger partial charge in [-0.25, -0.2) is 4.79 Å². The van der Waals surface area contributed by atoms with Crippen LogP contribution in [0.4, 0.5) is 8.78 Å². The first-order valence-electron chi connectivity index (χ1n) is 4.78. The van der Waals surface area contributed by atoms with Gasteiger partial charge in [-0.15, -0.1) is 0 Å². The van der Waals surface area contributed by atoms with Gasteiger partial charge in [0, 0.05) is 12.0 Å². The fraction of sp³-hybridized carbons (Fsp3) is 0.364. The number of hydrogen-bond donors (Lipinski definition) is 0. The van der Waals surface area contributed by atoms with Crippen molar-refractivity contribution in [3.05, 3.63) is 29.3 Å². The van der Waals surface area contributed by atoms with Crippen LogP contribution in [0.25, 0.3) is 0 Å². The van der Waals surface area contributed by atoms with Crippen LogP contribution in [0, 0.1) is 0 Å². The number of halogens is 2. The number of hydrogen-bond acceptors (Lipinski definition) is 3. The molecule has 0 unspecified atom stereocenters. The van der Waals surface area contributed by atoms with Crippen molar-refractivity contribution in [1.82, 2.24) is 0 Å². The largest absolute Gasteiger partial charge is 0.493 e. The zero-order valence-electron chi connectivity index (χ0n) is 8.63. The van der Waals surface area contributed by atoms with Crippen LogP contribution in [0.3, 0.4) is 0 Å². The molecule has 1 heterocycles. The number of esters is 1. The Morgan fingerprint density at radius 2 is 2.25 bits per heavy atom. The number of fused-ring (bicyclic) bond motifs is 1. The number of carbonyl (C=O) groups excluding carboxylic acids is 1. The molecular weight excluding hydrogens is 218 g/mol. The fourth-order valence-corrected chi connectivity index (χ4v) is 1.63. The van der Waals surface area contributed by atoms with Crippen molar-refractivity contribution in [2.24, 2.45) is 0 Å². The maximum atomic E-state index is 13.5. The highest BCUT2D eigenvalue weighted by Gasteiger charge is 2.42. The van der Waals surface area contributed by atoms with E-state index >= 15 is 0 Å². The van der Waals surface area contributed by atoms with E-state index in [0.29, 0.717) is 24.3 Å². The van der Waals surface area contributed by atoms with Crippen LogP contribution in [0.5, 0.6) is 5.75 Å². The second kappa shape index (κ2) is 3.73. The van der Waals surface area contributed by atoms with Crippen molar-refractivity contribution in [3.63, 3.8) is 0 Å². The standard InChI is InChI=1S/C11H10F2O3/c1-15-10(14)11(12,13)8-2-3-9-7(6-8)4-5-16-9/h2-3,6H,4-5H2,1H3. The van der Waals surface area contributed by atoms with Gasteiger partial charge >= 0.3 is 11.9 Å². The summed E-state index contributed by atoms with van der Waals surface area (Å²) in [4.78, 5) is 10.9. The number of ether oxygens (including phenoxy) is 2. The molecule has 0 aromatic heterocycles. The minimum absolute atomic E-state index is 0.358. The van der Waals surface area contributed by atoms with E-state index < -0.39 is 11.9 Å². The molecule has 0 saturated carbocycles. The van der Waals surface area contributed by atoms with E-state index in [-0.39, 0.29) is 5.56 Å². The van der Waals surface area contributed by atoms with Gasteiger partial charge in [0.05, 0.1) is 13.7 Å². The summed E-state index contributed by atoms with van der Waals surface area (Å²) in [6, 6.07) is 3.93. The summed E-state index contributed by atoms with van der Waals surface area (Å²) >= 11 is 0. The van der Waals surface area contributed by atoms with E-state index in [1.165, 1.54) is 18.2 Å². The molecule has 5 heteroatoms. The van der Waals surface area contributed by atoms with Gasteiger partial charge in [-0.05, 0) is 23.8 Å². The minimum atomic E-state index is -3.60. The third-order valence-electron chi connectivity index (χ3n) is 2.49. The molecule has 0 amide bonds. The molecule has 0 N–H and O–H groups in total. The highest BCUT2D eigenvalue weighted by atomic mass is 19.3. The van der Waals surface area contributed by atoms with Crippen LogP contribution in [-0.2, 0) is 21.9 Å². The van der Waals surface area contributed by atoms with Gasteiger partial charge in [0.2, 0.25) is 0 Å². The topological polar surface area (TPSA) is 35.5 Å². The summed E-state index contributed by atoms with van der Waals surface area (Å²) in [5.74, 6) is -4.55. The molecule has 0 atom stereocenters. The molecular formula is C11H10F2O3. The van der Waals surface area contributed by atoms with E-state index in [1.807, 2.05) is 0 Å². The quantitative estimate of drug-likeness (QED) is 0.725. The van der Waals surface area contributed by atoms with Crippen molar-refractivity contribution in [2.45, 2.75) is 12.3 Å². The lowest BCUT2D eigenvalue weighted by atomic mass is 10.0. The molecule has 1 aliphatic heterocycles. The summed E-state index contributed by atoms with van der Waals surface area (Å²) in [7, 11) is 0.937. The molecule has 0 fully saturated rings. The molecule has 1 aliphatic rings. The predicted octanol–water partition coefficient (Wildman–Crippen LogP) is 1.89. The Labute approximate surface area is 91.0 Å². The first kappa shape index (κ1) is 10.9. The molecule has 86 valence electrons. The number of methoxy groups -OCH3 is 1. The van der Waals surface area contributed by atoms with E-state index in [4.69, 9.17) is 4.74 Å². The van der Waals surface area contributed by atoms with Gasteiger partial charge in [0.25, 0.3) is 0 Å². The van der Waals surface area contributed by atoms with Crippen LogP contribution >= 0.6 is 0 Å². The Morgan fingerprint density at radius 1 is 1.50 bits per heavy atom. The second-order valence-electron chi connectivity index (χ2n) is 3.49. The van der Waals surface area contributed by atoms with Gasteiger partial charge < -0.3 is 9.47 Å². The minimum Gasteiger partial charge on any atom is -0.493 e. The van der Waals surface area contributed by atoms with E-state index in [2.05, 4.69) is 4.74 Å². The van der Waals surface area contributed by atoms with Crippen molar-refractivity contribution in [2.75, 3.05) is 13.7 Å². The fourth-order valence-electron chi connectivity index (χ4n) is 1.63. The maximum absolute atomic E-state index is 13.5. The zero-order valence-corrected chi connectivity index (χ0v) is 8.63. The number of rotatable bonds is 2. The molecule has 0 saturated heterocycles. The van der Waals surface area contributed by atoms with E-state index in [9.17, 15) is 13.6 Å². The van der Waals surface area contributed by atoms with Crippen LogP contribution in [0.2, 0.25) is 0 Å². The summed E-state index contributed by atoms with van der Waals surface area (Å²) in [5.41, 5.74) is 0.338. The summed E-state index contributed by atoms with van der Waals surface area (Å²) in [6.07, 6.45) is 0.584. The maximum Gasteiger partial charge on any atom is 0.381 e. The van der Waals surface area contributed by atoms with Crippen LogP contribution in [0.1, 0.15) is 11.1 Å². The van der Waals surface area contributed by atoms with Crippen molar-refractivity contribution in [3.8, 4) is 5.75 Å². The Bertz CT molecular complexity index is 429. The predicted molar refractivity (Wildman–Crippen MR) is 51.6 cm³/mol. The molecule has 3 nitrogen and oxygen atoms in total. The highest BCUT2D eigenvalue weighted by molar-refractivity contribution is 5.79. The lowest BCUT2D eigenvalue weighted by Crippen LogP contribution is -2.27. The molecule has 16 heavy (non-hydrogen) atoms. The van der Waals surface area contributed by atoms with Crippen molar-refractivity contribution in [1.29, 1.82) is 0 Å². The van der Waals surface area contributed by atoms with Crippen LogP contribution in [0.15, 0.2) is 18.2 Å². The lowest BCUT2D eigenvalue weighted by molar-refractivity contribution is -0.170. The summed E-state index contributed by atoms with van der Waals surface area (Å²) in [6.45, 7) is 0.489. The number of carbonyl (C=O) groups is 1. The monoisotopic (exact) mass is 228 g/mol. The Balaban J connectivity index is 2.37. The van der Waals surface area contributed by atoms with Gasteiger partial charge in [0.15, 0.2) is 0 Å². The lowest BCUT2D eigenvalue weighted by Gasteiger charge is -2.14. The summed E-state index contributed by atoms with van der Waals surface area (Å²) in [5, 5.41) is 0. The molecule has 1 aromatic rings. The third kappa shape index (κ3) is 1.62. The molecule has 0 bridgehead atoms. The van der Waals surface area contributed by atoms with Gasteiger partial charge in [-0.2, -0.15) is 8.78 Å². The first-order valence-corrected chi connectivity index (χ1v) is 4.78. The Hall–Kier alpha value is -1.65. The Morgan fingerprint density at radius 3 is 2.94 bits per heavy atom. The van der Waals surface area contributed by atoms with Gasteiger partial charge in [-0.3, -0.25) is 0 Å². The van der Waals surface area contributed by atoms with Crippen molar-refractivity contribution < 1.29 is 23.0 Å². The molecule has 0 spiro atoms. The average Bonchev–Trinajstić information content (AvgIpc) is 2.74. The van der Waals surface area contributed by atoms with Gasteiger partial charge in [-0.1, -0.05) is 0 Å². The second-order valence-corrected chi connectivity index (χ2v) is 3.49. The Kier molecular flexibility index (Phi) is 2.53. The summed E-state index contributed by atoms with van der Waals surface area (Å²) < 4.78 is 36.3. The molecule has 0 radical (unpaired) electrons. The number of benzene rings is 1. The molecule has 1 aromatic carbocycles. The zero-order chi connectivity index (χ0) is 11.8. The van der Waals surface area contributed by atoms with Crippen LogP contribution in [-0.4, -0.2) is 19.7 Å². The normalized spacial score (nSPS) is 14.2. The third-order valence-corrected chi connectivity index (χ3v) is 2.49. The number of alkyl halides is 2. The van der Waals surface area contributed by atoms with Gasteiger partial charge in [0.1, 0.15) is 5.75 Å². The molecule has 2 rings (SSSR count). The van der Waals surface area contributed by atoms with Crippen molar-refractivity contribution >= 4 is 5.97 Å². The first-order chi connectivity index (χ1) is 7.55. The van der Waals surface area contributed by atoms with E-state index in [1.54, 1.807) is 0 Å².